The van der Waals surface area contributed by atoms with Crippen molar-refractivity contribution in [1.82, 2.24) is 0 Å². The first kappa shape index (κ1) is 16.0. The van der Waals surface area contributed by atoms with Crippen molar-refractivity contribution in [1.29, 1.82) is 0 Å². The Kier molecular flexibility index (Phi) is 4.39. The lowest BCUT2D eigenvalue weighted by Crippen LogP contribution is -2.13. The number of phenols is 1. The Hall–Kier alpha value is -1.89. The molecule has 0 bridgehead atoms. The number of hydrogen-bond acceptors (Lipinski definition) is 4. The van der Waals surface area contributed by atoms with Crippen molar-refractivity contribution in [2.45, 2.75) is 0 Å². The number of amides is 1. The van der Waals surface area contributed by atoms with Crippen LogP contribution >= 0.6 is 39.1 Å². The number of phenolic OH excluding ortho intramolecular Hbond substituents is 1. The molecule has 0 saturated carbocycles. The zero-order chi connectivity index (χ0) is 16.6. The first-order chi connectivity index (χ1) is 11.0. The molecule has 0 atom stereocenters. The van der Waals surface area contributed by atoms with E-state index in [-0.39, 0.29) is 11.5 Å². The Morgan fingerprint density at radius 2 is 2.00 bits per heavy atom. The minimum absolute atomic E-state index is 0.0551. The highest BCUT2D eigenvalue weighted by atomic mass is 79.9. The van der Waals surface area contributed by atoms with Gasteiger partial charge < -0.3 is 10.4 Å². The third-order valence-electron chi connectivity index (χ3n) is 3.11. The lowest BCUT2D eigenvalue weighted by atomic mass is 10.1. The van der Waals surface area contributed by atoms with Gasteiger partial charge in [0.1, 0.15) is 5.75 Å². The normalized spacial score (nSPS) is 15.3. The van der Waals surface area contributed by atoms with Crippen molar-refractivity contribution in [2.75, 3.05) is 5.32 Å². The molecule has 23 heavy (non-hydrogen) atoms. The average molecular weight is 413 g/mol. The van der Waals surface area contributed by atoms with Gasteiger partial charge in [-0.05, 0) is 30.3 Å². The Balaban J connectivity index is 1.97. The maximum absolute atomic E-state index is 12.0. The van der Waals surface area contributed by atoms with Crippen LogP contribution in [0.15, 0.2) is 45.0 Å². The van der Waals surface area contributed by atoms with Gasteiger partial charge in [-0.2, -0.15) is 5.10 Å². The summed E-state index contributed by atoms with van der Waals surface area (Å²) in [6, 6.07) is 8.02. The maximum Gasteiger partial charge on any atom is 0.276 e. The molecule has 0 aromatic heterocycles. The number of anilines is 1. The number of fused-ring (bicyclic) bond motifs is 1. The van der Waals surface area contributed by atoms with E-state index in [0.717, 1.165) is 4.47 Å². The van der Waals surface area contributed by atoms with Crippen LogP contribution in [0.4, 0.5) is 5.69 Å². The monoisotopic (exact) mass is 411 g/mol. The van der Waals surface area contributed by atoms with E-state index in [4.69, 9.17) is 23.2 Å². The van der Waals surface area contributed by atoms with E-state index in [1.165, 1.54) is 18.3 Å². The third kappa shape index (κ3) is 3.24. The summed E-state index contributed by atoms with van der Waals surface area (Å²) in [5, 5.41) is 20.9. The van der Waals surface area contributed by atoms with E-state index >= 15 is 0 Å². The standard InChI is InChI=1S/C15H8BrCl2N3O2/c16-8-1-2-12(22)7(3-8)6-19-21-14-10-4-9(17)5-11(18)13(10)20-15(14)23/h1-6,22H,(H,20,21,23). The Bertz CT molecular complexity index is 881. The van der Waals surface area contributed by atoms with Crippen LogP contribution < -0.4 is 5.32 Å². The van der Waals surface area contributed by atoms with Crippen molar-refractivity contribution >= 4 is 62.7 Å². The van der Waals surface area contributed by atoms with Gasteiger partial charge >= 0.3 is 0 Å². The fraction of sp³-hybridized carbons (Fsp3) is 0. The van der Waals surface area contributed by atoms with Gasteiger partial charge in [-0.3, -0.25) is 4.79 Å². The highest BCUT2D eigenvalue weighted by Gasteiger charge is 2.28. The SMILES string of the molecule is O=C1Nc2c(Cl)cc(Cl)cc2C1=NN=Cc1cc(Br)ccc1O. The zero-order valence-electron chi connectivity index (χ0n) is 11.3. The van der Waals surface area contributed by atoms with Crippen LogP contribution in [-0.4, -0.2) is 22.9 Å². The molecule has 0 aliphatic carbocycles. The van der Waals surface area contributed by atoms with E-state index in [1.807, 2.05) is 0 Å². The first-order valence-electron chi connectivity index (χ1n) is 6.36. The van der Waals surface area contributed by atoms with E-state index in [2.05, 4.69) is 31.4 Å². The second-order valence-corrected chi connectivity index (χ2v) is 6.42. The van der Waals surface area contributed by atoms with Crippen molar-refractivity contribution in [3.05, 3.63) is 56.0 Å². The lowest BCUT2D eigenvalue weighted by Gasteiger charge is -2.01. The van der Waals surface area contributed by atoms with E-state index in [9.17, 15) is 9.90 Å². The van der Waals surface area contributed by atoms with Crippen LogP contribution in [0.3, 0.4) is 0 Å². The molecule has 2 aromatic rings. The molecule has 1 aliphatic rings. The van der Waals surface area contributed by atoms with Gasteiger partial charge in [-0.1, -0.05) is 39.1 Å². The highest BCUT2D eigenvalue weighted by Crippen LogP contribution is 2.34. The molecule has 2 aromatic carbocycles. The summed E-state index contributed by atoms with van der Waals surface area (Å²) >= 11 is 15.3. The van der Waals surface area contributed by atoms with Gasteiger partial charge in [0.25, 0.3) is 5.91 Å². The van der Waals surface area contributed by atoms with Gasteiger partial charge in [-0.25, -0.2) is 0 Å². The number of rotatable bonds is 2. The van der Waals surface area contributed by atoms with Crippen LogP contribution in [0.1, 0.15) is 11.1 Å². The number of nitrogens with one attached hydrogen (secondary N) is 1. The predicted molar refractivity (Wildman–Crippen MR) is 95.0 cm³/mol. The van der Waals surface area contributed by atoms with Crippen molar-refractivity contribution in [2.24, 2.45) is 10.2 Å². The van der Waals surface area contributed by atoms with Gasteiger partial charge in [0.2, 0.25) is 0 Å². The molecule has 0 fully saturated rings. The van der Waals surface area contributed by atoms with Crippen LogP contribution in [0, 0.1) is 0 Å². The van der Waals surface area contributed by atoms with Crippen LogP contribution in [0.2, 0.25) is 10.0 Å². The third-order valence-corrected chi connectivity index (χ3v) is 4.12. The summed E-state index contributed by atoms with van der Waals surface area (Å²) in [5.74, 6) is -0.362. The molecule has 1 heterocycles. The topological polar surface area (TPSA) is 74.0 Å². The molecular formula is C15H8BrCl2N3O2. The highest BCUT2D eigenvalue weighted by molar-refractivity contribution is 9.10. The molecule has 5 nitrogen and oxygen atoms in total. The van der Waals surface area contributed by atoms with Crippen LogP contribution in [0.5, 0.6) is 5.75 Å². The van der Waals surface area contributed by atoms with E-state index in [1.54, 1.807) is 18.2 Å². The minimum atomic E-state index is -0.417. The summed E-state index contributed by atoms with van der Waals surface area (Å²) in [4.78, 5) is 12.0. The number of hydrogen-bond donors (Lipinski definition) is 2. The Morgan fingerprint density at radius 3 is 2.78 bits per heavy atom. The lowest BCUT2D eigenvalue weighted by molar-refractivity contribution is -0.110. The summed E-state index contributed by atoms with van der Waals surface area (Å²) in [6.07, 6.45) is 1.35. The van der Waals surface area contributed by atoms with Crippen LogP contribution in [-0.2, 0) is 4.79 Å². The second-order valence-electron chi connectivity index (χ2n) is 4.66. The number of nitrogens with zero attached hydrogens (tertiary/aromatic N) is 2. The Morgan fingerprint density at radius 1 is 1.22 bits per heavy atom. The van der Waals surface area contributed by atoms with Gasteiger partial charge in [0, 0.05) is 20.6 Å². The Labute approximate surface area is 149 Å². The first-order valence-corrected chi connectivity index (χ1v) is 7.91. The van der Waals surface area contributed by atoms with Gasteiger partial charge in [-0.15, -0.1) is 5.10 Å². The van der Waals surface area contributed by atoms with Crippen molar-refractivity contribution < 1.29 is 9.90 Å². The van der Waals surface area contributed by atoms with Crippen LogP contribution in [0.25, 0.3) is 0 Å². The number of carbonyl (C=O) groups excluding carboxylic acids is 1. The number of benzene rings is 2. The molecular weight excluding hydrogens is 405 g/mol. The van der Waals surface area contributed by atoms with Gasteiger partial charge in [0.05, 0.1) is 16.9 Å². The molecule has 2 N–H and O–H groups in total. The fourth-order valence-corrected chi connectivity index (χ4v) is 2.98. The summed E-state index contributed by atoms with van der Waals surface area (Å²) in [6.45, 7) is 0. The number of aromatic hydroxyl groups is 1. The molecule has 0 spiro atoms. The van der Waals surface area contributed by atoms with Crippen molar-refractivity contribution in [3.8, 4) is 5.75 Å². The van der Waals surface area contributed by atoms with Crippen molar-refractivity contribution in [3.63, 3.8) is 0 Å². The molecule has 0 radical (unpaired) electrons. The minimum Gasteiger partial charge on any atom is -0.507 e. The summed E-state index contributed by atoms with van der Waals surface area (Å²) in [5.41, 5.74) is 1.52. The molecule has 1 aliphatic heterocycles. The van der Waals surface area contributed by atoms with E-state index in [0.29, 0.717) is 26.9 Å². The molecule has 0 unspecified atom stereocenters. The summed E-state index contributed by atoms with van der Waals surface area (Å²) in [7, 11) is 0. The van der Waals surface area contributed by atoms with E-state index < -0.39 is 5.91 Å². The molecule has 0 saturated heterocycles. The zero-order valence-corrected chi connectivity index (χ0v) is 14.4. The molecule has 1 amide bonds. The molecule has 116 valence electrons. The maximum atomic E-state index is 12.0. The largest absolute Gasteiger partial charge is 0.507 e. The number of halogens is 3. The summed E-state index contributed by atoms with van der Waals surface area (Å²) < 4.78 is 0.784. The molecule has 8 heteroatoms. The average Bonchev–Trinajstić information content (AvgIpc) is 2.80. The smallest absolute Gasteiger partial charge is 0.276 e. The van der Waals surface area contributed by atoms with Gasteiger partial charge in [0.15, 0.2) is 5.71 Å². The fourth-order valence-electron chi connectivity index (χ4n) is 2.06. The number of carbonyl (C=O) groups is 1. The molecule has 3 rings (SSSR count). The second kappa shape index (κ2) is 6.31. The quantitative estimate of drug-likeness (QED) is 0.571. The predicted octanol–water partition coefficient (Wildman–Crippen LogP) is 4.24.